The Hall–Kier alpha value is -0.790. The van der Waals surface area contributed by atoms with E-state index in [1.807, 2.05) is 6.92 Å². The van der Waals surface area contributed by atoms with Gasteiger partial charge < -0.3 is 25.5 Å². The lowest BCUT2D eigenvalue weighted by atomic mass is 9.46. The topological polar surface area (TPSA) is 118 Å². The third kappa shape index (κ3) is 3.76. The van der Waals surface area contributed by atoms with Crippen LogP contribution in [0, 0.1) is 28.6 Å². The molecule has 4 aliphatic carbocycles. The van der Waals surface area contributed by atoms with Gasteiger partial charge in [0.15, 0.2) is 5.78 Å². The second kappa shape index (κ2) is 7.86. The highest BCUT2D eigenvalue weighted by molar-refractivity contribution is 5.95. The largest absolute Gasteiger partial charge is 0.393 e. The van der Waals surface area contributed by atoms with Crippen molar-refractivity contribution in [2.24, 2.45) is 28.6 Å². The van der Waals surface area contributed by atoms with Crippen molar-refractivity contribution < 1.29 is 30.3 Å². The van der Waals surface area contributed by atoms with Crippen molar-refractivity contribution in [2.75, 3.05) is 0 Å². The molecule has 0 amide bonds. The molecule has 0 aromatic heterocycles. The Morgan fingerprint density at radius 3 is 2.36 bits per heavy atom. The van der Waals surface area contributed by atoms with Gasteiger partial charge in [-0.25, -0.2) is 0 Å². The van der Waals surface area contributed by atoms with Crippen molar-refractivity contribution in [2.45, 2.75) is 121 Å². The predicted octanol–water partition coefficient (Wildman–Crippen LogP) is 2.88. The van der Waals surface area contributed by atoms with E-state index in [2.05, 4.69) is 6.92 Å². The van der Waals surface area contributed by atoms with E-state index in [1.54, 1.807) is 26.8 Å². The molecule has 0 radical (unpaired) electrons. The van der Waals surface area contributed by atoms with Gasteiger partial charge in [0.25, 0.3) is 0 Å². The number of hydrogen-bond donors (Lipinski definition) is 5. The van der Waals surface area contributed by atoms with Crippen molar-refractivity contribution in [3.63, 3.8) is 0 Å². The summed E-state index contributed by atoms with van der Waals surface area (Å²) in [5.41, 5.74) is -3.64. The summed E-state index contributed by atoms with van der Waals surface area (Å²) in [4.78, 5) is 13.2. The molecule has 3 saturated carbocycles. The lowest BCUT2D eigenvalue weighted by Gasteiger charge is -2.60. The first kappa shape index (κ1) is 25.3. The normalized spacial score (nSPS) is 46.0. The van der Waals surface area contributed by atoms with Gasteiger partial charge in [-0.05, 0) is 107 Å². The van der Waals surface area contributed by atoms with Gasteiger partial charge in [-0.3, -0.25) is 4.79 Å². The van der Waals surface area contributed by atoms with Crippen LogP contribution >= 0.6 is 0 Å². The fraction of sp³-hybridized carbons (Fsp3) is 0.889. The fourth-order valence-corrected chi connectivity index (χ4v) is 8.27. The molecule has 0 aliphatic heterocycles. The number of rotatable bonds is 5. The molecule has 1 unspecified atom stereocenters. The minimum atomic E-state index is -1.42. The van der Waals surface area contributed by atoms with Crippen molar-refractivity contribution in [3.8, 4) is 0 Å². The number of carbonyl (C=O) groups is 1. The SMILES string of the molecule is CC(C)(O)CC[C@@H](O)C(C)(O)[C@H]1CC[C@@]2(O)C3=CC(=O)[C@@H]4C[C@@H](O)CC[C@]4(C)[C@H]3CC[C@]12C. The zero-order chi connectivity index (χ0) is 24.6. The van der Waals surface area contributed by atoms with Gasteiger partial charge in [-0.1, -0.05) is 13.8 Å². The van der Waals surface area contributed by atoms with Crippen LogP contribution in [-0.2, 0) is 4.79 Å². The number of aliphatic hydroxyl groups is 5. The smallest absolute Gasteiger partial charge is 0.159 e. The number of fused-ring (bicyclic) bond motifs is 5. The number of ketones is 1. The molecular weight excluding hydrogens is 420 g/mol. The summed E-state index contributed by atoms with van der Waals surface area (Å²) in [6, 6.07) is 0. The zero-order valence-corrected chi connectivity index (χ0v) is 21.0. The van der Waals surface area contributed by atoms with Crippen LogP contribution in [0.3, 0.4) is 0 Å². The van der Waals surface area contributed by atoms with Crippen molar-refractivity contribution in [3.05, 3.63) is 11.6 Å². The molecule has 0 aromatic carbocycles. The maximum absolute atomic E-state index is 13.2. The molecular formula is C27H44O6. The summed E-state index contributed by atoms with van der Waals surface area (Å²) < 4.78 is 0. The van der Waals surface area contributed by atoms with Gasteiger partial charge in [0.2, 0.25) is 0 Å². The van der Waals surface area contributed by atoms with E-state index in [-0.39, 0.29) is 35.4 Å². The summed E-state index contributed by atoms with van der Waals surface area (Å²) in [5, 5.41) is 55.0. The number of allylic oxidation sites excluding steroid dienone is 1. The van der Waals surface area contributed by atoms with Crippen molar-refractivity contribution >= 4 is 5.78 Å². The first-order valence-electron chi connectivity index (χ1n) is 12.9. The third-order valence-corrected chi connectivity index (χ3v) is 10.5. The number of aliphatic hydroxyl groups excluding tert-OH is 2. The second-order valence-corrected chi connectivity index (χ2v) is 13.0. The minimum absolute atomic E-state index is 0.0144. The van der Waals surface area contributed by atoms with Gasteiger partial charge in [-0.15, -0.1) is 0 Å². The molecule has 0 aromatic rings. The molecule has 0 bridgehead atoms. The molecule has 33 heavy (non-hydrogen) atoms. The molecule has 0 spiro atoms. The molecule has 6 nitrogen and oxygen atoms in total. The van der Waals surface area contributed by atoms with Gasteiger partial charge >= 0.3 is 0 Å². The Kier molecular flexibility index (Phi) is 6.03. The van der Waals surface area contributed by atoms with E-state index in [4.69, 9.17) is 0 Å². The van der Waals surface area contributed by atoms with E-state index in [9.17, 15) is 30.3 Å². The highest BCUT2D eigenvalue weighted by atomic mass is 16.3. The fourth-order valence-electron chi connectivity index (χ4n) is 8.27. The summed E-state index contributed by atoms with van der Waals surface area (Å²) in [7, 11) is 0. The Bertz CT molecular complexity index is 827. The quantitative estimate of drug-likeness (QED) is 0.427. The van der Waals surface area contributed by atoms with Crippen LogP contribution in [0.15, 0.2) is 11.6 Å². The van der Waals surface area contributed by atoms with Crippen LogP contribution in [0.4, 0.5) is 0 Å². The first-order chi connectivity index (χ1) is 15.1. The van der Waals surface area contributed by atoms with Gasteiger partial charge in [0, 0.05) is 11.3 Å². The summed E-state index contributed by atoms with van der Waals surface area (Å²) in [5.74, 6) is -0.426. The van der Waals surface area contributed by atoms with Crippen LogP contribution in [0.5, 0.6) is 0 Å². The van der Waals surface area contributed by atoms with Gasteiger partial charge in [-0.2, -0.15) is 0 Å². The van der Waals surface area contributed by atoms with E-state index >= 15 is 0 Å². The molecule has 4 aliphatic rings. The van der Waals surface area contributed by atoms with Crippen LogP contribution in [0.2, 0.25) is 0 Å². The second-order valence-electron chi connectivity index (χ2n) is 13.0. The minimum Gasteiger partial charge on any atom is -0.393 e. The lowest BCUT2D eigenvalue weighted by Crippen LogP contribution is -2.62. The van der Waals surface area contributed by atoms with Crippen LogP contribution in [0.1, 0.15) is 92.4 Å². The van der Waals surface area contributed by atoms with E-state index in [0.29, 0.717) is 38.5 Å². The van der Waals surface area contributed by atoms with Crippen LogP contribution < -0.4 is 0 Å². The molecule has 0 saturated heterocycles. The predicted molar refractivity (Wildman–Crippen MR) is 125 cm³/mol. The van der Waals surface area contributed by atoms with Crippen molar-refractivity contribution in [1.29, 1.82) is 0 Å². The molecule has 5 N–H and O–H groups in total. The highest BCUT2D eigenvalue weighted by Gasteiger charge is 2.68. The monoisotopic (exact) mass is 464 g/mol. The summed E-state index contributed by atoms with van der Waals surface area (Å²) in [6.07, 6.45) is 5.38. The molecule has 4 rings (SSSR count). The summed E-state index contributed by atoms with van der Waals surface area (Å²) in [6.45, 7) is 9.22. The van der Waals surface area contributed by atoms with E-state index < -0.39 is 34.4 Å². The molecule has 0 heterocycles. The maximum Gasteiger partial charge on any atom is 0.159 e. The number of carbonyl (C=O) groups excluding carboxylic acids is 1. The Morgan fingerprint density at radius 1 is 1.06 bits per heavy atom. The van der Waals surface area contributed by atoms with Crippen LogP contribution in [0.25, 0.3) is 0 Å². The van der Waals surface area contributed by atoms with Gasteiger partial charge in [0.05, 0.1) is 29.0 Å². The van der Waals surface area contributed by atoms with Crippen molar-refractivity contribution in [1.82, 2.24) is 0 Å². The summed E-state index contributed by atoms with van der Waals surface area (Å²) >= 11 is 0. The Labute approximate surface area is 198 Å². The van der Waals surface area contributed by atoms with Crippen LogP contribution in [-0.4, -0.2) is 60.3 Å². The maximum atomic E-state index is 13.2. The lowest BCUT2D eigenvalue weighted by molar-refractivity contribution is -0.172. The average Bonchev–Trinajstić information content (AvgIpc) is 2.99. The molecule has 188 valence electrons. The molecule has 6 heteroatoms. The number of hydrogen-bond acceptors (Lipinski definition) is 6. The average molecular weight is 465 g/mol. The first-order valence-corrected chi connectivity index (χ1v) is 12.9. The standard InChI is InChI=1S/C27H44O6/c1-23(2,31)10-9-22(30)26(5,32)21-8-13-27(33)18-15-20(29)19-14-16(28)6-11-24(19,3)17(18)7-12-25(21,27)4/h15-17,19,21-22,28,30-33H,6-14H2,1-5H3/t16-,17-,19-,21-,22+,24+,25+,26?,27+/m0/s1. The third-order valence-electron chi connectivity index (χ3n) is 10.5. The van der Waals surface area contributed by atoms with E-state index in [1.165, 1.54) is 0 Å². The Balaban J connectivity index is 1.65. The Morgan fingerprint density at radius 2 is 1.73 bits per heavy atom. The van der Waals surface area contributed by atoms with E-state index in [0.717, 1.165) is 18.4 Å². The molecule has 9 atom stereocenters. The molecule has 3 fully saturated rings. The zero-order valence-electron chi connectivity index (χ0n) is 21.0. The highest BCUT2D eigenvalue weighted by Crippen LogP contribution is 2.68. The van der Waals surface area contributed by atoms with Gasteiger partial charge in [0.1, 0.15) is 0 Å².